The Balaban J connectivity index is 1.46. The van der Waals surface area contributed by atoms with E-state index in [9.17, 15) is 23.3 Å². The van der Waals surface area contributed by atoms with Crippen molar-refractivity contribution in [1.29, 1.82) is 0 Å². The number of nitrogens with one attached hydrogen (secondary N) is 1. The molecule has 0 bridgehead atoms. The molecule has 0 unspecified atom stereocenters. The molecule has 1 N–H and O–H groups in total. The highest BCUT2D eigenvalue weighted by Crippen LogP contribution is 2.21. The van der Waals surface area contributed by atoms with E-state index >= 15 is 0 Å². The van der Waals surface area contributed by atoms with Crippen molar-refractivity contribution in [3.63, 3.8) is 0 Å². The van der Waals surface area contributed by atoms with E-state index in [0.29, 0.717) is 26.2 Å². The van der Waals surface area contributed by atoms with Gasteiger partial charge in [-0.3, -0.25) is 14.9 Å². The summed E-state index contributed by atoms with van der Waals surface area (Å²) < 4.78 is 31.9. The number of methoxy groups -OCH3 is 1. The Hall–Kier alpha value is -3.18. The fourth-order valence-electron chi connectivity index (χ4n) is 3.52. The lowest BCUT2D eigenvalue weighted by molar-refractivity contribution is -0.385. The summed E-state index contributed by atoms with van der Waals surface area (Å²) in [7, 11) is -1.85. The molecule has 0 radical (unpaired) electrons. The predicted molar refractivity (Wildman–Crippen MR) is 121 cm³/mol. The van der Waals surface area contributed by atoms with E-state index in [1.807, 2.05) is 24.3 Å². The molecule has 1 amide bonds. The molecule has 3 rings (SSSR count). The summed E-state index contributed by atoms with van der Waals surface area (Å²) in [6, 6.07) is 13.3. The van der Waals surface area contributed by atoms with E-state index in [-0.39, 0.29) is 30.0 Å². The molecular weight excluding hydrogens is 436 g/mol. The number of anilines is 1. The maximum absolute atomic E-state index is 12.7. The van der Waals surface area contributed by atoms with Gasteiger partial charge in [-0.05, 0) is 36.8 Å². The van der Waals surface area contributed by atoms with Gasteiger partial charge in [0.15, 0.2) is 0 Å². The van der Waals surface area contributed by atoms with E-state index in [0.717, 1.165) is 11.4 Å². The van der Waals surface area contributed by atoms with Crippen LogP contribution in [0.15, 0.2) is 48.5 Å². The van der Waals surface area contributed by atoms with Gasteiger partial charge in [-0.25, -0.2) is 8.42 Å². The van der Waals surface area contributed by atoms with Gasteiger partial charge >= 0.3 is 0 Å². The van der Waals surface area contributed by atoms with Crippen molar-refractivity contribution in [2.24, 2.45) is 0 Å². The Morgan fingerprint density at radius 3 is 2.38 bits per heavy atom. The van der Waals surface area contributed by atoms with Crippen molar-refractivity contribution in [3.8, 4) is 5.75 Å². The first-order chi connectivity index (χ1) is 15.3. The molecule has 10 nitrogen and oxygen atoms in total. The second-order valence-corrected chi connectivity index (χ2v) is 9.37. The summed E-state index contributed by atoms with van der Waals surface area (Å²) in [5, 5.41) is 13.6. The summed E-state index contributed by atoms with van der Waals surface area (Å²) in [4.78, 5) is 24.8. The minimum Gasteiger partial charge on any atom is -0.497 e. The third-order valence-electron chi connectivity index (χ3n) is 5.28. The van der Waals surface area contributed by atoms with E-state index in [4.69, 9.17) is 4.74 Å². The Morgan fingerprint density at radius 2 is 1.75 bits per heavy atom. The quantitative estimate of drug-likeness (QED) is 0.343. The molecule has 1 heterocycles. The van der Waals surface area contributed by atoms with Crippen LogP contribution in [0.5, 0.6) is 5.75 Å². The average molecular weight is 463 g/mol. The van der Waals surface area contributed by atoms with E-state index in [2.05, 4.69) is 10.2 Å². The number of piperazine rings is 1. The van der Waals surface area contributed by atoms with Crippen molar-refractivity contribution in [1.82, 2.24) is 9.62 Å². The molecule has 2 aromatic carbocycles. The van der Waals surface area contributed by atoms with Crippen LogP contribution in [-0.4, -0.2) is 69.1 Å². The van der Waals surface area contributed by atoms with Crippen LogP contribution in [0.4, 0.5) is 11.4 Å². The summed E-state index contributed by atoms with van der Waals surface area (Å²) in [6.45, 7) is 2.05. The zero-order chi connectivity index (χ0) is 23.1. The summed E-state index contributed by atoms with van der Waals surface area (Å²) >= 11 is 0. The molecule has 0 spiro atoms. The second kappa shape index (κ2) is 10.4. The molecule has 0 atom stereocenters. The number of benzene rings is 2. The number of hydrogen-bond donors (Lipinski definition) is 1. The standard InChI is InChI=1S/C21H26N4O6S/c1-31-18-9-7-17(8-10-18)23-12-14-24(15-13-23)32(29,30)16-4-11-22-21(26)19-5-2-3-6-20(19)25(27)28/h2-3,5-10H,4,11-16H2,1H3,(H,22,26). The highest BCUT2D eigenvalue weighted by molar-refractivity contribution is 7.89. The lowest BCUT2D eigenvalue weighted by atomic mass is 10.1. The van der Waals surface area contributed by atoms with Gasteiger partial charge in [0.05, 0.1) is 17.8 Å². The minimum absolute atomic E-state index is 0.0463. The van der Waals surface area contributed by atoms with Crippen molar-refractivity contribution >= 4 is 27.3 Å². The number of hydrogen-bond acceptors (Lipinski definition) is 7. The second-order valence-electron chi connectivity index (χ2n) is 7.28. The van der Waals surface area contributed by atoms with Gasteiger partial charge in [-0.2, -0.15) is 4.31 Å². The molecule has 11 heteroatoms. The Kier molecular flexibility index (Phi) is 7.65. The van der Waals surface area contributed by atoms with Crippen LogP contribution in [0, 0.1) is 10.1 Å². The van der Waals surface area contributed by atoms with Crippen LogP contribution in [0.2, 0.25) is 0 Å². The zero-order valence-corrected chi connectivity index (χ0v) is 18.6. The smallest absolute Gasteiger partial charge is 0.282 e. The lowest BCUT2D eigenvalue weighted by Gasteiger charge is -2.35. The zero-order valence-electron chi connectivity index (χ0n) is 17.8. The first-order valence-corrected chi connectivity index (χ1v) is 11.8. The number of para-hydroxylation sites is 1. The van der Waals surface area contributed by atoms with Crippen molar-refractivity contribution in [2.75, 3.05) is 50.5 Å². The van der Waals surface area contributed by atoms with Gasteiger partial charge < -0.3 is 15.0 Å². The molecule has 1 aliphatic heterocycles. The van der Waals surface area contributed by atoms with E-state index in [1.165, 1.54) is 28.6 Å². The molecule has 1 aliphatic rings. The third-order valence-corrected chi connectivity index (χ3v) is 7.24. The summed E-state index contributed by atoms with van der Waals surface area (Å²) in [5.74, 6) is 0.0684. The number of sulfonamides is 1. The average Bonchev–Trinajstić information content (AvgIpc) is 2.82. The first kappa shape index (κ1) is 23.5. The number of carbonyl (C=O) groups is 1. The number of amides is 1. The molecule has 1 fully saturated rings. The van der Waals surface area contributed by atoms with Gasteiger partial charge in [0.2, 0.25) is 10.0 Å². The molecular formula is C21H26N4O6S. The topological polar surface area (TPSA) is 122 Å². The van der Waals surface area contributed by atoms with Crippen molar-refractivity contribution in [2.45, 2.75) is 6.42 Å². The number of ether oxygens (including phenoxy) is 1. The van der Waals surface area contributed by atoms with Crippen LogP contribution in [-0.2, 0) is 10.0 Å². The highest BCUT2D eigenvalue weighted by atomic mass is 32.2. The summed E-state index contributed by atoms with van der Waals surface area (Å²) in [6.07, 6.45) is 0.216. The van der Waals surface area contributed by atoms with Crippen molar-refractivity contribution < 1.29 is 22.9 Å². The van der Waals surface area contributed by atoms with Gasteiger partial charge in [0, 0.05) is 44.5 Å². The third kappa shape index (κ3) is 5.74. The number of nitrogens with zero attached hydrogens (tertiary/aromatic N) is 3. The van der Waals surface area contributed by atoms with Gasteiger partial charge in [-0.15, -0.1) is 0 Å². The van der Waals surface area contributed by atoms with Crippen LogP contribution >= 0.6 is 0 Å². The molecule has 172 valence electrons. The normalized spacial score (nSPS) is 14.7. The molecule has 2 aromatic rings. The molecule has 1 saturated heterocycles. The van der Waals surface area contributed by atoms with E-state index < -0.39 is 20.9 Å². The highest BCUT2D eigenvalue weighted by Gasteiger charge is 2.27. The SMILES string of the molecule is COc1ccc(N2CCN(S(=O)(=O)CCCNC(=O)c3ccccc3[N+](=O)[O-])CC2)cc1. The number of rotatable bonds is 9. The Morgan fingerprint density at radius 1 is 1.09 bits per heavy atom. The maximum atomic E-state index is 12.7. The number of carbonyl (C=O) groups excluding carboxylic acids is 1. The van der Waals surface area contributed by atoms with Gasteiger partial charge in [-0.1, -0.05) is 12.1 Å². The fourth-order valence-corrected chi connectivity index (χ4v) is 5.01. The lowest BCUT2D eigenvalue weighted by Crippen LogP contribution is -2.49. The van der Waals surface area contributed by atoms with Crippen molar-refractivity contribution in [3.05, 3.63) is 64.2 Å². The maximum Gasteiger partial charge on any atom is 0.282 e. The number of nitro benzene ring substituents is 1. The monoisotopic (exact) mass is 462 g/mol. The van der Waals surface area contributed by atoms with Gasteiger partial charge in [0.1, 0.15) is 11.3 Å². The van der Waals surface area contributed by atoms with Crippen LogP contribution in [0.1, 0.15) is 16.8 Å². The van der Waals surface area contributed by atoms with Crippen LogP contribution in [0.3, 0.4) is 0 Å². The molecule has 0 saturated carbocycles. The minimum atomic E-state index is -3.46. The molecule has 32 heavy (non-hydrogen) atoms. The van der Waals surface area contributed by atoms with Gasteiger partial charge in [0.25, 0.3) is 11.6 Å². The Labute approximate surface area is 187 Å². The van der Waals surface area contributed by atoms with E-state index in [1.54, 1.807) is 7.11 Å². The van der Waals surface area contributed by atoms with Crippen LogP contribution in [0.25, 0.3) is 0 Å². The first-order valence-electron chi connectivity index (χ1n) is 10.2. The predicted octanol–water partition coefficient (Wildman–Crippen LogP) is 1.88. The largest absolute Gasteiger partial charge is 0.497 e. The van der Waals surface area contributed by atoms with Crippen LogP contribution < -0.4 is 15.0 Å². The Bertz CT molecular complexity index is 1050. The summed E-state index contributed by atoms with van der Waals surface area (Å²) in [5.41, 5.74) is 0.683. The molecule has 0 aromatic heterocycles. The molecule has 0 aliphatic carbocycles. The fraction of sp³-hybridized carbons (Fsp3) is 0.381. The number of nitro groups is 1.